The minimum absolute atomic E-state index is 0.174. The SMILES string of the molecule is CC1CC(C(=O)O)CCN1Cc1ccn(C2CCCC2)n1. The Bertz CT molecular complexity index is 493. The minimum atomic E-state index is -0.646. The summed E-state index contributed by atoms with van der Waals surface area (Å²) in [6.45, 7) is 3.82. The Morgan fingerprint density at radius 1 is 1.38 bits per heavy atom. The van der Waals surface area contributed by atoms with Crippen LogP contribution in [0.4, 0.5) is 0 Å². The molecule has 5 heteroatoms. The summed E-state index contributed by atoms with van der Waals surface area (Å²) in [5.41, 5.74) is 1.11. The number of rotatable bonds is 4. The zero-order valence-corrected chi connectivity index (χ0v) is 12.7. The average molecular weight is 291 g/mol. The fourth-order valence-corrected chi connectivity index (χ4v) is 3.72. The van der Waals surface area contributed by atoms with E-state index in [0.717, 1.165) is 31.6 Å². The number of carbonyl (C=O) groups is 1. The first-order valence-electron chi connectivity index (χ1n) is 8.14. The summed E-state index contributed by atoms with van der Waals surface area (Å²) in [5.74, 6) is -0.820. The third-order valence-electron chi connectivity index (χ3n) is 5.09. The van der Waals surface area contributed by atoms with Crippen LogP contribution in [0, 0.1) is 5.92 Å². The monoisotopic (exact) mass is 291 g/mol. The molecule has 1 aromatic heterocycles. The van der Waals surface area contributed by atoms with Gasteiger partial charge in [0, 0.05) is 18.8 Å². The van der Waals surface area contributed by atoms with Gasteiger partial charge in [-0.3, -0.25) is 14.4 Å². The van der Waals surface area contributed by atoms with E-state index < -0.39 is 5.97 Å². The summed E-state index contributed by atoms with van der Waals surface area (Å²) in [7, 11) is 0. The molecule has 1 aromatic rings. The lowest BCUT2D eigenvalue weighted by molar-refractivity contribution is -0.144. The van der Waals surface area contributed by atoms with Crippen molar-refractivity contribution in [2.75, 3.05) is 6.54 Å². The number of piperidine rings is 1. The quantitative estimate of drug-likeness (QED) is 0.926. The summed E-state index contributed by atoms with van der Waals surface area (Å²) in [4.78, 5) is 13.4. The summed E-state index contributed by atoms with van der Waals surface area (Å²) in [6.07, 6.45) is 8.75. The predicted octanol–water partition coefficient (Wildman–Crippen LogP) is 2.68. The molecule has 0 amide bonds. The van der Waals surface area contributed by atoms with Gasteiger partial charge in [-0.2, -0.15) is 5.10 Å². The summed E-state index contributed by atoms with van der Waals surface area (Å²) >= 11 is 0. The summed E-state index contributed by atoms with van der Waals surface area (Å²) < 4.78 is 2.14. The van der Waals surface area contributed by atoms with E-state index in [1.165, 1.54) is 25.7 Å². The van der Waals surface area contributed by atoms with E-state index in [-0.39, 0.29) is 5.92 Å². The molecular weight excluding hydrogens is 266 g/mol. The van der Waals surface area contributed by atoms with Crippen molar-refractivity contribution in [2.24, 2.45) is 5.92 Å². The molecule has 1 aliphatic carbocycles. The molecule has 2 atom stereocenters. The lowest BCUT2D eigenvalue weighted by Gasteiger charge is -2.35. The van der Waals surface area contributed by atoms with Gasteiger partial charge in [0.05, 0.1) is 17.7 Å². The van der Waals surface area contributed by atoms with Gasteiger partial charge >= 0.3 is 5.97 Å². The average Bonchev–Trinajstić information content (AvgIpc) is 3.11. The van der Waals surface area contributed by atoms with Crippen LogP contribution in [0.5, 0.6) is 0 Å². The molecule has 5 nitrogen and oxygen atoms in total. The van der Waals surface area contributed by atoms with Crippen molar-refractivity contribution in [3.8, 4) is 0 Å². The van der Waals surface area contributed by atoms with E-state index in [1.54, 1.807) is 0 Å². The van der Waals surface area contributed by atoms with Crippen LogP contribution < -0.4 is 0 Å². The highest BCUT2D eigenvalue weighted by molar-refractivity contribution is 5.70. The third kappa shape index (κ3) is 3.28. The van der Waals surface area contributed by atoms with E-state index in [2.05, 4.69) is 28.8 Å². The molecule has 0 spiro atoms. The second-order valence-corrected chi connectivity index (χ2v) is 6.60. The van der Waals surface area contributed by atoms with Crippen LogP contribution in [0.15, 0.2) is 12.3 Å². The van der Waals surface area contributed by atoms with Crippen LogP contribution in [0.25, 0.3) is 0 Å². The van der Waals surface area contributed by atoms with E-state index in [9.17, 15) is 4.79 Å². The first kappa shape index (κ1) is 14.6. The minimum Gasteiger partial charge on any atom is -0.481 e. The Labute approximate surface area is 125 Å². The molecule has 2 unspecified atom stereocenters. The van der Waals surface area contributed by atoms with Gasteiger partial charge in [-0.15, -0.1) is 0 Å². The second kappa shape index (κ2) is 6.18. The molecule has 0 bridgehead atoms. The van der Waals surface area contributed by atoms with Gasteiger partial charge < -0.3 is 5.11 Å². The molecule has 1 saturated carbocycles. The molecule has 2 aliphatic rings. The molecule has 1 N–H and O–H groups in total. The number of likely N-dealkylation sites (tertiary alicyclic amines) is 1. The maximum atomic E-state index is 11.1. The summed E-state index contributed by atoms with van der Waals surface area (Å²) in [5, 5.41) is 13.9. The van der Waals surface area contributed by atoms with E-state index in [4.69, 9.17) is 10.2 Å². The Morgan fingerprint density at radius 3 is 2.81 bits per heavy atom. The number of hydrogen-bond acceptors (Lipinski definition) is 3. The lowest BCUT2D eigenvalue weighted by Crippen LogP contribution is -2.42. The number of aromatic nitrogens is 2. The van der Waals surface area contributed by atoms with Crippen LogP contribution in [0.3, 0.4) is 0 Å². The van der Waals surface area contributed by atoms with Crippen molar-refractivity contribution in [2.45, 2.75) is 64.1 Å². The van der Waals surface area contributed by atoms with Gasteiger partial charge in [0.2, 0.25) is 0 Å². The standard InChI is InChI=1S/C16H25N3O2/c1-12-10-13(16(20)21)6-8-18(12)11-14-7-9-19(17-14)15-4-2-3-5-15/h7,9,12-13,15H,2-6,8,10-11H2,1H3,(H,20,21). The molecule has 0 radical (unpaired) electrons. The fourth-order valence-electron chi connectivity index (χ4n) is 3.72. The topological polar surface area (TPSA) is 58.4 Å². The molecular formula is C16H25N3O2. The highest BCUT2D eigenvalue weighted by Gasteiger charge is 2.30. The highest BCUT2D eigenvalue weighted by atomic mass is 16.4. The molecule has 3 rings (SSSR count). The van der Waals surface area contributed by atoms with E-state index in [0.29, 0.717) is 12.1 Å². The number of carboxylic acid groups (broad SMARTS) is 1. The van der Waals surface area contributed by atoms with Gasteiger partial charge in [-0.05, 0) is 45.2 Å². The lowest BCUT2D eigenvalue weighted by atomic mass is 9.91. The van der Waals surface area contributed by atoms with Crippen LogP contribution in [0.1, 0.15) is 57.2 Å². The Balaban J connectivity index is 1.58. The van der Waals surface area contributed by atoms with E-state index >= 15 is 0 Å². The molecule has 0 aromatic carbocycles. The molecule has 1 saturated heterocycles. The van der Waals surface area contributed by atoms with Crippen LogP contribution >= 0.6 is 0 Å². The first-order valence-corrected chi connectivity index (χ1v) is 8.14. The van der Waals surface area contributed by atoms with Crippen LogP contribution in [-0.2, 0) is 11.3 Å². The van der Waals surface area contributed by atoms with Crippen molar-refractivity contribution >= 4 is 5.97 Å². The van der Waals surface area contributed by atoms with Crippen molar-refractivity contribution in [1.29, 1.82) is 0 Å². The normalized spacial score (nSPS) is 28.0. The predicted molar refractivity (Wildman–Crippen MR) is 80.0 cm³/mol. The first-order chi connectivity index (χ1) is 10.1. The van der Waals surface area contributed by atoms with Crippen LogP contribution in [-0.4, -0.2) is 38.3 Å². The molecule has 2 heterocycles. The van der Waals surface area contributed by atoms with Crippen molar-refractivity contribution in [3.63, 3.8) is 0 Å². The van der Waals surface area contributed by atoms with Gasteiger partial charge in [0.25, 0.3) is 0 Å². The molecule has 21 heavy (non-hydrogen) atoms. The molecule has 116 valence electrons. The van der Waals surface area contributed by atoms with Crippen molar-refractivity contribution < 1.29 is 9.90 Å². The highest BCUT2D eigenvalue weighted by Crippen LogP contribution is 2.29. The van der Waals surface area contributed by atoms with Crippen LogP contribution in [0.2, 0.25) is 0 Å². The second-order valence-electron chi connectivity index (χ2n) is 6.60. The van der Waals surface area contributed by atoms with Crippen molar-refractivity contribution in [3.05, 3.63) is 18.0 Å². The number of nitrogens with zero attached hydrogens (tertiary/aromatic N) is 3. The zero-order valence-electron chi connectivity index (χ0n) is 12.7. The fraction of sp³-hybridized carbons (Fsp3) is 0.750. The largest absolute Gasteiger partial charge is 0.481 e. The Morgan fingerprint density at radius 2 is 2.14 bits per heavy atom. The smallest absolute Gasteiger partial charge is 0.306 e. The van der Waals surface area contributed by atoms with Gasteiger partial charge in [-0.1, -0.05) is 12.8 Å². The number of hydrogen-bond donors (Lipinski definition) is 1. The molecule has 2 fully saturated rings. The van der Waals surface area contributed by atoms with Crippen molar-refractivity contribution in [1.82, 2.24) is 14.7 Å². The Hall–Kier alpha value is -1.36. The zero-order chi connectivity index (χ0) is 14.8. The van der Waals surface area contributed by atoms with Gasteiger partial charge in [-0.25, -0.2) is 0 Å². The summed E-state index contributed by atoms with van der Waals surface area (Å²) in [6, 6.07) is 3.03. The number of carboxylic acids is 1. The van der Waals surface area contributed by atoms with Gasteiger partial charge in [0.15, 0.2) is 0 Å². The maximum Gasteiger partial charge on any atom is 0.306 e. The van der Waals surface area contributed by atoms with E-state index in [1.807, 2.05) is 0 Å². The van der Waals surface area contributed by atoms with Gasteiger partial charge in [0.1, 0.15) is 0 Å². The molecule has 1 aliphatic heterocycles. The third-order valence-corrected chi connectivity index (χ3v) is 5.09. The Kier molecular flexibility index (Phi) is 4.29. The maximum absolute atomic E-state index is 11.1. The number of aliphatic carboxylic acids is 1.